The molecule has 2 heterocycles. The molecule has 0 saturated carbocycles. The molecule has 5 rings (SSSR count). The third-order valence-electron chi connectivity index (χ3n) is 8.18. The van der Waals surface area contributed by atoms with Crippen LogP contribution in [0.15, 0.2) is 77.7 Å². The van der Waals surface area contributed by atoms with Crippen molar-refractivity contribution in [2.45, 2.75) is 37.5 Å². The van der Waals surface area contributed by atoms with E-state index in [1.54, 1.807) is 11.8 Å². The maximum Gasteiger partial charge on any atom is 0.271 e. The molecule has 8 nitrogen and oxygen atoms in total. The summed E-state index contributed by atoms with van der Waals surface area (Å²) in [6.07, 6.45) is -0.600. The highest BCUT2D eigenvalue weighted by atomic mass is 32.2. The van der Waals surface area contributed by atoms with E-state index in [-0.39, 0.29) is 43.0 Å². The van der Waals surface area contributed by atoms with Crippen molar-refractivity contribution in [3.8, 4) is 11.1 Å². The molecular weight excluding hydrogens is 557 g/mol. The minimum Gasteiger partial charge on any atom is -0.394 e. The molecule has 0 fully saturated rings. The van der Waals surface area contributed by atoms with Gasteiger partial charge in [0, 0.05) is 49.6 Å². The molecule has 10 heteroatoms. The molecule has 0 bridgehead atoms. The predicted octanol–water partition coefficient (Wildman–Crippen LogP) is 4.66. The molecule has 3 aromatic carbocycles. The minimum absolute atomic E-state index is 0.00839. The Kier molecular flexibility index (Phi) is 8.52. The van der Waals surface area contributed by atoms with E-state index >= 15 is 0 Å². The number of aliphatic hydroxyl groups excluding tert-OH is 1. The fourth-order valence-corrected chi connectivity index (χ4v) is 6.85. The molecule has 42 heavy (non-hydrogen) atoms. The van der Waals surface area contributed by atoms with E-state index in [0.717, 1.165) is 39.7 Å². The van der Waals surface area contributed by atoms with Crippen LogP contribution in [0.5, 0.6) is 0 Å². The molecule has 1 N–H and O–H groups in total. The molecule has 1 aliphatic rings. The summed E-state index contributed by atoms with van der Waals surface area (Å²) in [6.45, 7) is 3.91. The Balaban J connectivity index is 1.60. The number of likely N-dealkylation sites (N-methyl/N-ethyl adjacent to an activating group) is 1. The third-order valence-corrected chi connectivity index (χ3v) is 10.0. The number of sulfonamides is 1. The molecule has 0 unspecified atom stereocenters. The molecule has 1 aliphatic heterocycles. The van der Waals surface area contributed by atoms with Gasteiger partial charge in [-0.15, -0.1) is 0 Å². The van der Waals surface area contributed by atoms with Crippen LogP contribution in [0.4, 0.5) is 4.39 Å². The van der Waals surface area contributed by atoms with Crippen LogP contribution in [0, 0.1) is 11.7 Å². The summed E-state index contributed by atoms with van der Waals surface area (Å²) in [5.74, 6) is -1.05. The summed E-state index contributed by atoms with van der Waals surface area (Å²) in [4.78, 5) is 16.1. The predicted molar refractivity (Wildman–Crippen MR) is 160 cm³/mol. The summed E-state index contributed by atoms with van der Waals surface area (Å²) >= 11 is 0. The fraction of sp³-hybridized carbons (Fsp3) is 0.344. The van der Waals surface area contributed by atoms with Crippen LogP contribution < -0.4 is 0 Å². The Bertz CT molecular complexity index is 1700. The summed E-state index contributed by atoms with van der Waals surface area (Å²) < 4.78 is 49.8. The molecule has 3 atom stereocenters. The fourth-order valence-electron chi connectivity index (χ4n) is 5.66. The van der Waals surface area contributed by atoms with Crippen molar-refractivity contribution in [3.63, 3.8) is 0 Å². The van der Waals surface area contributed by atoms with E-state index in [1.165, 1.54) is 23.5 Å². The number of rotatable bonds is 6. The van der Waals surface area contributed by atoms with Crippen LogP contribution in [0.1, 0.15) is 29.9 Å². The zero-order valence-electron chi connectivity index (χ0n) is 24.2. The highest BCUT2D eigenvalue weighted by molar-refractivity contribution is 7.89. The van der Waals surface area contributed by atoms with E-state index < -0.39 is 28.0 Å². The summed E-state index contributed by atoms with van der Waals surface area (Å²) in [6, 6.07) is 19.8. The van der Waals surface area contributed by atoms with Crippen LogP contribution in [0.25, 0.3) is 22.0 Å². The highest BCUT2D eigenvalue weighted by Gasteiger charge is 2.34. The second kappa shape index (κ2) is 12.0. The van der Waals surface area contributed by atoms with Crippen LogP contribution in [-0.2, 0) is 28.4 Å². The summed E-state index contributed by atoms with van der Waals surface area (Å²) in [5, 5.41) is 11.1. The van der Waals surface area contributed by atoms with Gasteiger partial charge in [0.15, 0.2) is 0 Å². The first-order valence-corrected chi connectivity index (χ1v) is 15.4. The number of aromatic nitrogens is 1. The first-order chi connectivity index (χ1) is 20.0. The number of hydrogen-bond donors (Lipinski definition) is 1. The monoisotopic (exact) mass is 593 g/mol. The number of ether oxygens (including phenoxy) is 1. The van der Waals surface area contributed by atoms with Crippen molar-refractivity contribution < 1.29 is 27.4 Å². The van der Waals surface area contributed by atoms with Gasteiger partial charge in [0.2, 0.25) is 10.0 Å². The highest BCUT2D eigenvalue weighted by Crippen LogP contribution is 2.38. The zero-order valence-corrected chi connectivity index (χ0v) is 25.0. The van der Waals surface area contributed by atoms with E-state index in [1.807, 2.05) is 67.1 Å². The molecule has 4 aromatic rings. The molecule has 0 spiro atoms. The van der Waals surface area contributed by atoms with E-state index in [4.69, 9.17) is 4.74 Å². The number of fused-ring (bicyclic) bond motifs is 5. The second-order valence-electron chi connectivity index (χ2n) is 11.0. The standard InChI is InChI=1S/C32H36FN3O5S/c1-21-17-36(22(2)19-37)32(38)31-30(27-11-7-8-12-28(27)35(31)4)26-10-6-5-9-23(26)20-41-29(21)18-34(3)42(39,40)25-15-13-24(33)14-16-25/h5-16,21-22,29,37H,17-20H2,1-4H3/t21-,22+,29-/m1/s1. The minimum atomic E-state index is -3.93. The van der Waals surface area contributed by atoms with Gasteiger partial charge < -0.3 is 19.3 Å². The van der Waals surface area contributed by atoms with Crippen molar-refractivity contribution in [1.82, 2.24) is 13.8 Å². The topological polar surface area (TPSA) is 92.1 Å². The first-order valence-electron chi connectivity index (χ1n) is 14.0. The van der Waals surface area contributed by atoms with E-state index in [0.29, 0.717) is 5.69 Å². The molecule has 0 radical (unpaired) electrons. The molecule has 1 aromatic heterocycles. The largest absolute Gasteiger partial charge is 0.394 e. The number of amides is 1. The van der Waals surface area contributed by atoms with Crippen LogP contribution in [0.2, 0.25) is 0 Å². The molecular formula is C32H36FN3O5S. The Morgan fingerprint density at radius 1 is 1.07 bits per heavy atom. The molecule has 0 saturated heterocycles. The second-order valence-corrected chi connectivity index (χ2v) is 13.1. The van der Waals surface area contributed by atoms with Crippen LogP contribution in [0.3, 0.4) is 0 Å². The Morgan fingerprint density at radius 3 is 2.45 bits per heavy atom. The Labute approximate surface area is 246 Å². The number of carbonyl (C=O) groups is 1. The number of hydrogen-bond acceptors (Lipinski definition) is 5. The maximum atomic E-state index is 14.4. The van der Waals surface area contributed by atoms with Crippen LogP contribution in [-0.4, -0.2) is 72.1 Å². The molecule has 1 amide bonds. The number of benzene rings is 3. The van der Waals surface area contributed by atoms with Crippen molar-refractivity contribution >= 4 is 26.8 Å². The van der Waals surface area contributed by atoms with E-state index in [9.17, 15) is 22.7 Å². The van der Waals surface area contributed by atoms with Crippen LogP contribution >= 0.6 is 0 Å². The lowest BCUT2D eigenvalue weighted by molar-refractivity contribution is -0.0147. The number of aliphatic hydroxyl groups is 1. The zero-order chi connectivity index (χ0) is 30.2. The third kappa shape index (κ3) is 5.47. The molecule has 222 valence electrons. The lowest BCUT2D eigenvalue weighted by atomic mass is 9.96. The Hall–Kier alpha value is -3.57. The van der Waals surface area contributed by atoms with E-state index in [2.05, 4.69) is 0 Å². The van der Waals surface area contributed by atoms with Gasteiger partial charge in [-0.25, -0.2) is 12.8 Å². The number of halogens is 1. The Morgan fingerprint density at radius 2 is 1.74 bits per heavy atom. The number of aryl methyl sites for hydroxylation is 1. The normalized spacial score (nSPS) is 18.9. The van der Waals surface area contributed by atoms with Crippen molar-refractivity contribution in [3.05, 3.63) is 89.9 Å². The SMILES string of the molecule is C[C@@H]1CN([C@@H](C)CO)C(=O)c2c(c3ccccc3n2C)-c2ccccc2CO[C@@H]1CN(C)S(=O)(=O)c1ccc(F)cc1. The quantitative estimate of drug-likeness (QED) is 0.351. The number of para-hydroxylation sites is 1. The number of carbonyl (C=O) groups excluding carboxylic acids is 1. The van der Waals surface area contributed by atoms with Crippen molar-refractivity contribution in [2.24, 2.45) is 13.0 Å². The summed E-state index contributed by atoms with van der Waals surface area (Å²) in [7, 11) is -0.587. The van der Waals surface area contributed by atoms with Gasteiger partial charge in [0.05, 0.1) is 30.3 Å². The van der Waals surface area contributed by atoms with Gasteiger partial charge in [-0.05, 0) is 48.4 Å². The lowest BCUT2D eigenvalue weighted by Crippen LogP contribution is -2.48. The average molecular weight is 594 g/mol. The van der Waals surface area contributed by atoms with Crippen molar-refractivity contribution in [2.75, 3.05) is 26.7 Å². The number of nitrogens with zero attached hydrogens (tertiary/aromatic N) is 3. The van der Waals surface area contributed by atoms with Gasteiger partial charge in [-0.3, -0.25) is 4.79 Å². The average Bonchev–Trinajstić information content (AvgIpc) is 3.28. The van der Waals surface area contributed by atoms with Gasteiger partial charge in [0.1, 0.15) is 11.5 Å². The molecule has 0 aliphatic carbocycles. The smallest absolute Gasteiger partial charge is 0.271 e. The van der Waals surface area contributed by atoms with Gasteiger partial charge in [-0.2, -0.15) is 4.31 Å². The van der Waals surface area contributed by atoms with Gasteiger partial charge in [-0.1, -0.05) is 49.4 Å². The first kappa shape index (κ1) is 29.9. The maximum absolute atomic E-state index is 14.4. The van der Waals surface area contributed by atoms with Gasteiger partial charge >= 0.3 is 0 Å². The van der Waals surface area contributed by atoms with Crippen molar-refractivity contribution in [1.29, 1.82) is 0 Å². The van der Waals surface area contributed by atoms with Gasteiger partial charge in [0.25, 0.3) is 5.91 Å². The lowest BCUT2D eigenvalue weighted by Gasteiger charge is -2.35. The summed E-state index contributed by atoms with van der Waals surface area (Å²) in [5.41, 5.74) is 3.96.